The molecule has 1 atom stereocenters. The molecule has 1 aliphatic rings. The number of aryl methyl sites for hydroxylation is 2. The Balaban J connectivity index is 2.34. The van der Waals surface area contributed by atoms with Gasteiger partial charge in [0.15, 0.2) is 0 Å². The molecule has 0 amide bonds. The van der Waals surface area contributed by atoms with E-state index < -0.39 is 0 Å². The van der Waals surface area contributed by atoms with Gasteiger partial charge in [-0.1, -0.05) is 6.92 Å². The second kappa shape index (κ2) is 2.58. The average Bonchev–Trinajstić information content (AvgIpc) is 2.73. The molecule has 13 heavy (non-hydrogen) atoms. The van der Waals surface area contributed by atoms with Gasteiger partial charge in [-0.2, -0.15) is 5.10 Å². The van der Waals surface area contributed by atoms with Gasteiger partial charge in [0.1, 0.15) is 6.10 Å². The maximum Gasteiger partial charge on any atom is 0.101 e. The van der Waals surface area contributed by atoms with E-state index >= 15 is 0 Å². The topological polar surface area (TPSA) is 38.0 Å². The zero-order valence-corrected chi connectivity index (χ0v) is 8.41. The summed E-state index contributed by atoms with van der Waals surface area (Å²) >= 11 is 0. The van der Waals surface area contributed by atoms with Crippen LogP contribution in [0, 0.1) is 12.3 Å². The molecular formula is C10H16N2O. The van der Waals surface area contributed by atoms with Crippen molar-refractivity contribution in [3.05, 3.63) is 17.5 Å². The molecule has 1 heterocycles. The molecule has 0 radical (unpaired) electrons. The second-order valence-corrected chi connectivity index (χ2v) is 4.39. The van der Waals surface area contributed by atoms with E-state index in [2.05, 4.69) is 12.0 Å². The molecular weight excluding hydrogens is 164 g/mol. The Morgan fingerprint density at radius 1 is 1.62 bits per heavy atom. The van der Waals surface area contributed by atoms with E-state index in [-0.39, 0.29) is 11.5 Å². The van der Waals surface area contributed by atoms with Crippen LogP contribution in [0.4, 0.5) is 0 Å². The van der Waals surface area contributed by atoms with E-state index in [1.54, 1.807) is 4.68 Å². The highest BCUT2D eigenvalue weighted by Gasteiger charge is 2.46. The normalized spacial score (nSPS) is 21.5. The fraction of sp³-hybridized carbons (Fsp3) is 0.700. The van der Waals surface area contributed by atoms with Gasteiger partial charge in [0, 0.05) is 7.05 Å². The van der Waals surface area contributed by atoms with E-state index in [0.717, 1.165) is 24.1 Å². The molecule has 0 saturated heterocycles. The third-order valence-electron chi connectivity index (χ3n) is 3.14. The summed E-state index contributed by atoms with van der Waals surface area (Å²) in [6.07, 6.45) is 3.71. The molecule has 3 heteroatoms. The van der Waals surface area contributed by atoms with Crippen molar-refractivity contribution in [1.82, 2.24) is 9.78 Å². The van der Waals surface area contributed by atoms with Crippen molar-refractivity contribution in [2.75, 3.05) is 0 Å². The van der Waals surface area contributed by atoms with Gasteiger partial charge in [0.05, 0.1) is 11.9 Å². The molecule has 0 aliphatic heterocycles. The first-order valence-corrected chi connectivity index (χ1v) is 4.71. The van der Waals surface area contributed by atoms with E-state index in [0.29, 0.717) is 0 Å². The van der Waals surface area contributed by atoms with E-state index in [1.165, 1.54) is 0 Å². The zero-order valence-electron chi connectivity index (χ0n) is 8.41. The Bertz CT molecular complexity index is 306. The summed E-state index contributed by atoms with van der Waals surface area (Å²) in [4.78, 5) is 0. The molecule has 72 valence electrons. The second-order valence-electron chi connectivity index (χ2n) is 4.39. The fourth-order valence-corrected chi connectivity index (χ4v) is 1.75. The lowest BCUT2D eigenvalue weighted by atomic mass is 9.97. The molecule has 1 saturated carbocycles. The predicted molar refractivity (Wildman–Crippen MR) is 50.2 cm³/mol. The van der Waals surface area contributed by atoms with Gasteiger partial charge in [0.25, 0.3) is 0 Å². The summed E-state index contributed by atoms with van der Waals surface area (Å²) in [6.45, 7) is 4.13. The number of hydrogen-bond donors (Lipinski definition) is 1. The highest BCUT2D eigenvalue weighted by atomic mass is 16.3. The Labute approximate surface area is 78.4 Å². The van der Waals surface area contributed by atoms with Crippen LogP contribution in [-0.4, -0.2) is 14.9 Å². The smallest absolute Gasteiger partial charge is 0.101 e. The van der Waals surface area contributed by atoms with Crippen LogP contribution in [0.1, 0.15) is 37.1 Å². The lowest BCUT2D eigenvalue weighted by molar-refractivity contribution is 0.0947. The number of aliphatic hydroxyl groups excluding tert-OH is 1. The summed E-state index contributed by atoms with van der Waals surface area (Å²) in [5.41, 5.74) is 2.17. The first kappa shape index (κ1) is 8.75. The molecule has 0 bridgehead atoms. The molecule has 0 spiro atoms. The van der Waals surface area contributed by atoms with Crippen LogP contribution in [0.15, 0.2) is 6.20 Å². The Morgan fingerprint density at radius 2 is 2.23 bits per heavy atom. The molecule has 0 aromatic carbocycles. The van der Waals surface area contributed by atoms with E-state index in [4.69, 9.17) is 0 Å². The molecule has 1 fully saturated rings. The minimum absolute atomic E-state index is 0.110. The van der Waals surface area contributed by atoms with Gasteiger partial charge in [-0.3, -0.25) is 4.68 Å². The third-order valence-corrected chi connectivity index (χ3v) is 3.14. The van der Waals surface area contributed by atoms with Gasteiger partial charge in [-0.05, 0) is 30.7 Å². The Hall–Kier alpha value is -0.830. The maximum absolute atomic E-state index is 10.1. The lowest BCUT2D eigenvalue weighted by Crippen LogP contribution is -2.15. The predicted octanol–water partition coefficient (Wildman–Crippen LogP) is 1.56. The third kappa shape index (κ3) is 1.27. The summed E-state index contributed by atoms with van der Waals surface area (Å²) in [5, 5.41) is 14.2. The van der Waals surface area contributed by atoms with Gasteiger partial charge < -0.3 is 5.11 Å². The van der Waals surface area contributed by atoms with Crippen LogP contribution in [-0.2, 0) is 7.05 Å². The summed E-state index contributed by atoms with van der Waals surface area (Å²) in [5.74, 6) is 0. The standard InChI is InChI=1S/C10H16N2O/c1-7-6-11-12(3)8(7)9(13)10(2)4-5-10/h6,9,13H,4-5H2,1-3H3. The zero-order chi connectivity index (χ0) is 9.64. The average molecular weight is 180 g/mol. The highest BCUT2D eigenvalue weighted by molar-refractivity contribution is 5.21. The molecule has 1 aliphatic carbocycles. The van der Waals surface area contributed by atoms with Crippen molar-refractivity contribution >= 4 is 0 Å². The van der Waals surface area contributed by atoms with Crippen molar-refractivity contribution in [2.24, 2.45) is 12.5 Å². The minimum Gasteiger partial charge on any atom is -0.386 e. The monoisotopic (exact) mass is 180 g/mol. The largest absolute Gasteiger partial charge is 0.386 e. The highest BCUT2D eigenvalue weighted by Crippen LogP contribution is 2.54. The van der Waals surface area contributed by atoms with Crippen molar-refractivity contribution in [3.63, 3.8) is 0 Å². The van der Waals surface area contributed by atoms with E-state index in [1.807, 2.05) is 20.2 Å². The van der Waals surface area contributed by atoms with Crippen LogP contribution in [0.2, 0.25) is 0 Å². The molecule has 3 nitrogen and oxygen atoms in total. The SMILES string of the molecule is Cc1cnn(C)c1C(O)C1(C)CC1. The molecule has 1 N–H and O–H groups in total. The van der Waals surface area contributed by atoms with Gasteiger partial charge in [0.2, 0.25) is 0 Å². The van der Waals surface area contributed by atoms with Crippen LogP contribution in [0.25, 0.3) is 0 Å². The molecule has 1 unspecified atom stereocenters. The number of aromatic nitrogens is 2. The van der Waals surface area contributed by atoms with Crippen molar-refractivity contribution < 1.29 is 5.11 Å². The quantitative estimate of drug-likeness (QED) is 0.750. The molecule has 1 aromatic heterocycles. The van der Waals surface area contributed by atoms with Crippen LogP contribution >= 0.6 is 0 Å². The first-order chi connectivity index (χ1) is 6.04. The number of hydrogen-bond acceptors (Lipinski definition) is 2. The van der Waals surface area contributed by atoms with Crippen molar-refractivity contribution in [3.8, 4) is 0 Å². The summed E-state index contributed by atoms with van der Waals surface area (Å²) in [6, 6.07) is 0. The Morgan fingerprint density at radius 3 is 2.62 bits per heavy atom. The Kier molecular flexibility index (Phi) is 1.74. The fourth-order valence-electron chi connectivity index (χ4n) is 1.75. The summed E-state index contributed by atoms with van der Waals surface area (Å²) in [7, 11) is 1.89. The van der Waals surface area contributed by atoms with Gasteiger partial charge in [-0.15, -0.1) is 0 Å². The number of aliphatic hydroxyl groups is 1. The minimum atomic E-state index is -0.347. The van der Waals surface area contributed by atoms with Crippen LogP contribution in [0.3, 0.4) is 0 Å². The maximum atomic E-state index is 10.1. The van der Waals surface area contributed by atoms with Crippen molar-refractivity contribution in [1.29, 1.82) is 0 Å². The van der Waals surface area contributed by atoms with Gasteiger partial charge in [-0.25, -0.2) is 0 Å². The lowest BCUT2D eigenvalue weighted by Gasteiger charge is -2.18. The summed E-state index contributed by atoms with van der Waals surface area (Å²) < 4.78 is 1.78. The van der Waals surface area contributed by atoms with E-state index in [9.17, 15) is 5.11 Å². The molecule has 2 rings (SSSR count). The van der Waals surface area contributed by atoms with Crippen LogP contribution in [0.5, 0.6) is 0 Å². The van der Waals surface area contributed by atoms with Crippen molar-refractivity contribution in [2.45, 2.75) is 32.8 Å². The number of nitrogens with zero attached hydrogens (tertiary/aromatic N) is 2. The van der Waals surface area contributed by atoms with Gasteiger partial charge >= 0.3 is 0 Å². The van der Waals surface area contributed by atoms with Crippen LogP contribution < -0.4 is 0 Å². The molecule has 1 aromatic rings. The first-order valence-electron chi connectivity index (χ1n) is 4.71. The number of rotatable bonds is 2.